The predicted molar refractivity (Wildman–Crippen MR) is 72.0 cm³/mol. The molecule has 9 heteroatoms. The van der Waals surface area contributed by atoms with Gasteiger partial charge in [-0.15, -0.1) is 0 Å². The van der Waals surface area contributed by atoms with Crippen LogP contribution in [0.4, 0.5) is 0 Å². The van der Waals surface area contributed by atoms with Crippen molar-refractivity contribution in [1.29, 1.82) is 0 Å². The molecule has 3 amide bonds. The van der Waals surface area contributed by atoms with E-state index in [0.29, 0.717) is 19.4 Å². The van der Waals surface area contributed by atoms with Gasteiger partial charge >= 0.3 is 5.97 Å². The number of amides is 3. The summed E-state index contributed by atoms with van der Waals surface area (Å²) in [7, 11) is 0. The zero-order chi connectivity index (χ0) is 16.0. The van der Waals surface area contributed by atoms with Crippen LogP contribution in [0, 0.1) is 0 Å². The van der Waals surface area contributed by atoms with Crippen molar-refractivity contribution >= 4 is 23.7 Å². The molecule has 118 valence electrons. The Morgan fingerprint density at radius 3 is 2.57 bits per heavy atom. The Morgan fingerprint density at radius 2 is 2.00 bits per heavy atom. The van der Waals surface area contributed by atoms with Crippen LogP contribution < -0.4 is 16.4 Å². The molecule has 5 N–H and O–H groups in total. The third-order valence-corrected chi connectivity index (χ3v) is 3.20. The smallest absolute Gasteiger partial charge is 0.326 e. The highest BCUT2D eigenvalue weighted by Gasteiger charge is 2.36. The van der Waals surface area contributed by atoms with Crippen LogP contribution in [0.25, 0.3) is 0 Å². The molecule has 1 fully saturated rings. The normalized spacial score (nSPS) is 19.0. The summed E-state index contributed by atoms with van der Waals surface area (Å²) >= 11 is 0. The van der Waals surface area contributed by atoms with Crippen molar-refractivity contribution in [3.63, 3.8) is 0 Å². The fourth-order valence-electron chi connectivity index (χ4n) is 2.14. The molecule has 1 saturated heterocycles. The first-order chi connectivity index (χ1) is 9.86. The number of hydrogen-bond acceptors (Lipinski definition) is 5. The monoisotopic (exact) mass is 300 g/mol. The van der Waals surface area contributed by atoms with E-state index in [-0.39, 0.29) is 13.1 Å². The Labute approximate surface area is 121 Å². The Bertz CT molecular complexity index is 439. The fourth-order valence-corrected chi connectivity index (χ4v) is 2.14. The van der Waals surface area contributed by atoms with E-state index in [1.165, 1.54) is 11.8 Å². The van der Waals surface area contributed by atoms with Gasteiger partial charge in [0.25, 0.3) is 0 Å². The number of carboxylic acids is 1. The molecule has 0 radical (unpaired) electrons. The Morgan fingerprint density at radius 1 is 1.33 bits per heavy atom. The quantitative estimate of drug-likeness (QED) is 0.432. The van der Waals surface area contributed by atoms with Crippen molar-refractivity contribution in [1.82, 2.24) is 15.5 Å². The summed E-state index contributed by atoms with van der Waals surface area (Å²) in [6.07, 6.45) is 1.03. The highest BCUT2D eigenvalue weighted by molar-refractivity contribution is 5.92. The van der Waals surface area contributed by atoms with Gasteiger partial charge in [-0.3, -0.25) is 14.4 Å². The summed E-state index contributed by atoms with van der Waals surface area (Å²) < 4.78 is 0. The van der Waals surface area contributed by atoms with Crippen LogP contribution in [0.1, 0.15) is 19.8 Å². The highest BCUT2D eigenvalue weighted by Crippen LogP contribution is 2.18. The van der Waals surface area contributed by atoms with Crippen LogP contribution in [0.15, 0.2) is 0 Å². The molecule has 0 aromatic carbocycles. The maximum absolute atomic E-state index is 12.1. The van der Waals surface area contributed by atoms with Gasteiger partial charge in [-0.25, -0.2) is 4.79 Å². The number of carbonyl (C=O) groups is 4. The molecule has 2 atom stereocenters. The van der Waals surface area contributed by atoms with Crippen molar-refractivity contribution in [2.75, 3.05) is 19.6 Å². The number of nitrogens with zero attached hydrogens (tertiary/aromatic N) is 1. The summed E-state index contributed by atoms with van der Waals surface area (Å²) in [5.41, 5.74) is 5.07. The second-order valence-electron chi connectivity index (χ2n) is 4.80. The number of nitrogens with two attached hydrogens (primary N) is 1. The van der Waals surface area contributed by atoms with Gasteiger partial charge in [-0.1, -0.05) is 0 Å². The van der Waals surface area contributed by atoms with Gasteiger partial charge in [0.1, 0.15) is 12.1 Å². The Balaban J connectivity index is 2.49. The maximum atomic E-state index is 12.1. The molecule has 1 rings (SSSR count). The highest BCUT2D eigenvalue weighted by atomic mass is 16.4. The average molecular weight is 300 g/mol. The Kier molecular flexibility index (Phi) is 6.10. The molecule has 0 aromatic rings. The number of carbonyl (C=O) groups excluding carboxylic acids is 3. The van der Waals surface area contributed by atoms with E-state index in [0.717, 1.165) is 0 Å². The summed E-state index contributed by atoms with van der Waals surface area (Å²) in [5, 5.41) is 13.7. The second kappa shape index (κ2) is 7.58. The van der Waals surface area contributed by atoms with Crippen molar-refractivity contribution in [2.45, 2.75) is 31.8 Å². The van der Waals surface area contributed by atoms with E-state index in [9.17, 15) is 19.2 Å². The largest absolute Gasteiger partial charge is 0.480 e. The average Bonchev–Trinajstić information content (AvgIpc) is 2.93. The number of hydrogen-bond donors (Lipinski definition) is 4. The first-order valence-electron chi connectivity index (χ1n) is 6.66. The first kappa shape index (κ1) is 16.9. The van der Waals surface area contributed by atoms with Crippen LogP contribution in [0.2, 0.25) is 0 Å². The van der Waals surface area contributed by atoms with E-state index >= 15 is 0 Å². The van der Waals surface area contributed by atoms with Gasteiger partial charge in [0.2, 0.25) is 17.7 Å². The molecule has 1 aliphatic rings. The third-order valence-electron chi connectivity index (χ3n) is 3.20. The number of aliphatic carboxylic acids is 1. The maximum Gasteiger partial charge on any atom is 0.326 e. The van der Waals surface area contributed by atoms with Gasteiger partial charge in [0, 0.05) is 6.54 Å². The standard InChI is InChI=1S/C12H20N4O5/c1-7(15-10(18)6-14-9(17)5-13)11(19)16-4-2-3-8(16)12(20)21/h7-8H,2-6,13H2,1H3,(H,14,17)(H,15,18)(H,20,21). The molecule has 2 unspecified atom stereocenters. The minimum atomic E-state index is -1.05. The number of likely N-dealkylation sites (tertiary alicyclic amines) is 1. The van der Waals surface area contributed by atoms with E-state index in [1.807, 2.05) is 0 Å². The minimum Gasteiger partial charge on any atom is -0.480 e. The van der Waals surface area contributed by atoms with E-state index in [4.69, 9.17) is 10.8 Å². The summed E-state index contributed by atoms with van der Waals surface area (Å²) in [5.74, 6) is -2.51. The lowest BCUT2D eigenvalue weighted by atomic mass is 10.2. The molecule has 1 aliphatic heterocycles. The third kappa shape index (κ3) is 4.71. The van der Waals surface area contributed by atoms with E-state index in [1.54, 1.807) is 0 Å². The van der Waals surface area contributed by atoms with Crippen LogP contribution in [-0.4, -0.2) is 65.4 Å². The van der Waals surface area contributed by atoms with Crippen molar-refractivity contribution in [3.8, 4) is 0 Å². The number of nitrogens with one attached hydrogen (secondary N) is 2. The predicted octanol–water partition coefficient (Wildman–Crippen LogP) is -2.36. The molecule has 1 heterocycles. The molecule has 0 bridgehead atoms. The fraction of sp³-hybridized carbons (Fsp3) is 0.667. The SMILES string of the molecule is CC(NC(=O)CNC(=O)CN)C(=O)N1CCCC1C(=O)O. The molecule has 0 spiro atoms. The van der Waals surface area contributed by atoms with Gasteiger partial charge in [-0.05, 0) is 19.8 Å². The summed E-state index contributed by atoms with van der Waals surface area (Å²) in [6, 6.07) is -1.69. The lowest BCUT2D eigenvalue weighted by Crippen LogP contribution is -2.52. The van der Waals surface area contributed by atoms with Crippen LogP contribution in [0.5, 0.6) is 0 Å². The summed E-state index contributed by atoms with van der Waals surface area (Å²) in [4.78, 5) is 46.9. The van der Waals surface area contributed by atoms with Crippen molar-refractivity contribution in [3.05, 3.63) is 0 Å². The first-order valence-corrected chi connectivity index (χ1v) is 6.66. The second-order valence-corrected chi connectivity index (χ2v) is 4.80. The van der Waals surface area contributed by atoms with Gasteiger partial charge in [0.15, 0.2) is 0 Å². The lowest BCUT2D eigenvalue weighted by Gasteiger charge is -2.25. The van der Waals surface area contributed by atoms with Gasteiger partial charge in [-0.2, -0.15) is 0 Å². The van der Waals surface area contributed by atoms with Crippen molar-refractivity contribution in [2.24, 2.45) is 5.73 Å². The van der Waals surface area contributed by atoms with Crippen molar-refractivity contribution < 1.29 is 24.3 Å². The van der Waals surface area contributed by atoms with Crippen LogP contribution >= 0.6 is 0 Å². The molecule has 0 aromatic heterocycles. The van der Waals surface area contributed by atoms with E-state index in [2.05, 4.69) is 10.6 Å². The molecule has 0 aliphatic carbocycles. The zero-order valence-corrected chi connectivity index (χ0v) is 11.8. The molecule has 9 nitrogen and oxygen atoms in total. The minimum absolute atomic E-state index is 0.226. The topological polar surface area (TPSA) is 142 Å². The van der Waals surface area contributed by atoms with E-state index < -0.39 is 35.8 Å². The molecule has 21 heavy (non-hydrogen) atoms. The van der Waals surface area contributed by atoms with Gasteiger partial charge in [0.05, 0.1) is 13.1 Å². The van der Waals surface area contributed by atoms with Crippen LogP contribution in [0.3, 0.4) is 0 Å². The van der Waals surface area contributed by atoms with Gasteiger partial charge < -0.3 is 26.4 Å². The number of carboxylic acid groups (broad SMARTS) is 1. The molecular formula is C12H20N4O5. The zero-order valence-electron chi connectivity index (χ0n) is 11.8. The molecule has 0 saturated carbocycles. The van der Waals surface area contributed by atoms with Crippen LogP contribution in [-0.2, 0) is 19.2 Å². The summed E-state index contributed by atoms with van der Waals surface area (Å²) in [6.45, 7) is 1.33. The molecular weight excluding hydrogens is 280 g/mol. The Hall–Kier alpha value is -2.16. The number of rotatable bonds is 6. The lowest BCUT2D eigenvalue weighted by molar-refractivity contribution is -0.149.